The zero-order valence-electron chi connectivity index (χ0n) is 8.52. The number of hydrogen-bond acceptors (Lipinski definition) is 0. The van der Waals surface area contributed by atoms with Crippen LogP contribution in [-0.4, -0.2) is 6.98 Å². The fourth-order valence-electron chi connectivity index (χ4n) is 3.32. The number of rotatable bonds is 2. The summed E-state index contributed by atoms with van der Waals surface area (Å²) in [5, 5.41) is -1.37. The van der Waals surface area contributed by atoms with Crippen LogP contribution in [0.25, 0.3) is 0 Å². The zero-order valence-corrected chi connectivity index (χ0v) is 8.52. The van der Waals surface area contributed by atoms with E-state index in [2.05, 4.69) is 0 Å². The summed E-state index contributed by atoms with van der Waals surface area (Å²) in [7, 11) is 0. The highest BCUT2D eigenvalue weighted by atomic mass is 19.4. The maximum atomic E-state index is 12.7. The first-order valence-electron chi connectivity index (χ1n) is 5.32. The Morgan fingerprint density at radius 2 is 1.44 bits per heavy atom. The van der Waals surface area contributed by atoms with Crippen molar-refractivity contribution in [1.29, 1.82) is 0 Å². The second kappa shape index (κ2) is 2.63. The Labute approximate surface area is 90.7 Å². The molecule has 0 heterocycles. The van der Waals surface area contributed by atoms with E-state index < -0.39 is 12.3 Å². The molecule has 0 saturated heterocycles. The summed E-state index contributed by atoms with van der Waals surface area (Å²) < 4.78 is 50.7. The van der Waals surface area contributed by atoms with Crippen LogP contribution in [0, 0.1) is 5.82 Å². The Morgan fingerprint density at radius 3 is 1.88 bits per heavy atom. The van der Waals surface area contributed by atoms with Crippen LogP contribution in [-0.2, 0) is 5.41 Å². The maximum absolute atomic E-state index is 12.7. The van der Waals surface area contributed by atoms with E-state index >= 15 is 0 Å². The third-order valence-corrected chi connectivity index (χ3v) is 4.22. The summed E-state index contributed by atoms with van der Waals surface area (Å²) in [5.74, 6) is -0.342. The van der Waals surface area contributed by atoms with Crippen molar-refractivity contribution in [1.82, 2.24) is 0 Å². The summed E-state index contributed by atoms with van der Waals surface area (Å²) in [6.07, 6.45) is 0.611. The molecule has 4 rings (SSSR count). The molecule has 5 heteroatoms. The first-order chi connectivity index (χ1) is 7.37. The third-order valence-electron chi connectivity index (χ3n) is 4.22. The first-order valence-corrected chi connectivity index (χ1v) is 5.32. The molecule has 3 aliphatic carbocycles. The van der Waals surface area contributed by atoms with Crippen LogP contribution in [0.1, 0.15) is 24.8 Å². The summed E-state index contributed by atoms with van der Waals surface area (Å²) in [5.41, 5.74) is 0.557. The minimum absolute atomic E-state index is 0.204. The van der Waals surface area contributed by atoms with Crippen LogP contribution in [0.4, 0.5) is 17.3 Å². The lowest BCUT2D eigenvalue weighted by Crippen LogP contribution is -2.67. The highest BCUT2D eigenvalue weighted by Crippen LogP contribution is 2.82. The average Bonchev–Trinajstić information content (AvgIpc) is 2.00. The van der Waals surface area contributed by atoms with Crippen molar-refractivity contribution >= 4 is 6.98 Å². The van der Waals surface area contributed by atoms with Crippen molar-refractivity contribution in [2.75, 3.05) is 0 Å². The van der Waals surface area contributed by atoms with Gasteiger partial charge >= 0.3 is 6.98 Å². The van der Waals surface area contributed by atoms with Crippen LogP contribution in [0.5, 0.6) is 0 Å². The van der Waals surface area contributed by atoms with E-state index in [9.17, 15) is 17.3 Å². The predicted octanol–water partition coefficient (Wildman–Crippen LogP) is 3.85. The predicted molar refractivity (Wildman–Crippen MR) is 53.7 cm³/mol. The normalized spacial score (nSPS) is 36.5. The second-order valence-electron chi connectivity index (χ2n) is 5.25. The molecule has 0 aliphatic heterocycles. The Morgan fingerprint density at radius 1 is 0.938 bits per heavy atom. The van der Waals surface area contributed by atoms with E-state index in [1.54, 1.807) is 12.1 Å². The van der Waals surface area contributed by atoms with Crippen molar-refractivity contribution in [3.63, 3.8) is 0 Å². The minimum Gasteiger partial charge on any atom is -0.449 e. The van der Waals surface area contributed by atoms with Crippen LogP contribution < -0.4 is 0 Å². The number of benzene rings is 1. The molecule has 0 spiro atoms. The SMILES string of the molecule is Fc1ccc(C23CC([B-](F)(F)F)(C2)C3)cc1. The molecule has 16 heavy (non-hydrogen) atoms. The molecule has 86 valence electrons. The molecule has 0 amide bonds. The summed E-state index contributed by atoms with van der Waals surface area (Å²) in [4.78, 5) is 0. The maximum Gasteiger partial charge on any atom is 0.484 e. The van der Waals surface area contributed by atoms with E-state index in [0.717, 1.165) is 5.56 Å². The van der Waals surface area contributed by atoms with Gasteiger partial charge in [-0.2, -0.15) is 0 Å². The summed E-state index contributed by atoms with van der Waals surface area (Å²) in [6.45, 7) is -4.71. The lowest BCUT2D eigenvalue weighted by Gasteiger charge is -2.75. The molecule has 1 aromatic carbocycles. The van der Waals surface area contributed by atoms with Gasteiger partial charge in [0.15, 0.2) is 0 Å². The molecule has 3 saturated carbocycles. The van der Waals surface area contributed by atoms with Crippen LogP contribution in [0.3, 0.4) is 0 Å². The lowest BCUT2D eigenvalue weighted by molar-refractivity contribution is -0.0401. The molecule has 0 aromatic heterocycles. The largest absolute Gasteiger partial charge is 0.484 e. The quantitative estimate of drug-likeness (QED) is 0.533. The molecule has 0 N–H and O–H groups in total. The second-order valence-corrected chi connectivity index (χ2v) is 5.25. The van der Waals surface area contributed by atoms with E-state index in [1.807, 2.05) is 0 Å². The molecule has 0 unspecified atom stereocenters. The van der Waals surface area contributed by atoms with Crippen molar-refractivity contribution in [3.8, 4) is 0 Å². The van der Waals surface area contributed by atoms with Crippen molar-refractivity contribution < 1.29 is 17.3 Å². The standard InChI is InChI=1S/C11H10BF4/c13-9-3-1-8(2-4-9)10-5-11(6-10,7-10)12(14,15)16/h1-4H,5-7H2/q-1. The van der Waals surface area contributed by atoms with Crippen molar-refractivity contribution in [3.05, 3.63) is 35.6 Å². The van der Waals surface area contributed by atoms with Crippen LogP contribution in [0.2, 0.25) is 5.31 Å². The van der Waals surface area contributed by atoms with Crippen molar-refractivity contribution in [2.45, 2.75) is 30.0 Å². The Balaban J connectivity index is 1.81. The first kappa shape index (κ1) is 10.2. The Kier molecular flexibility index (Phi) is 1.67. The Hall–Kier alpha value is -0.995. The smallest absolute Gasteiger partial charge is 0.449 e. The van der Waals surface area contributed by atoms with Gasteiger partial charge in [0.05, 0.1) is 0 Å². The van der Waals surface area contributed by atoms with E-state index in [0.29, 0.717) is 0 Å². The van der Waals surface area contributed by atoms with Crippen LogP contribution in [0.15, 0.2) is 24.3 Å². The highest BCUT2D eigenvalue weighted by molar-refractivity contribution is 6.63. The average molecular weight is 229 g/mol. The molecular formula is C11H10BF4-. The lowest BCUT2D eigenvalue weighted by atomic mass is 9.23. The molecular weight excluding hydrogens is 219 g/mol. The summed E-state index contributed by atoms with van der Waals surface area (Å²) >= 11 is 0. The van der Waals surface area contributed by atoms with Gasteiger partial charge in [0.1, 0.15) is 5.82 Å². The summed E-state index contributed by atoms with van der Waals surface area (Å²) in [6, 6.07) is 5.87. The zero-order chi connectivity index (χ0) is 11.6. The third kappa shape index (κ3) is 1.06. The van der Waals surface area contributed by atoms with Gasteiger partial charge in [-0.25, -0.2) is 4.39 Å². The van der Waals surface area contributed by atoms with E-state index in [1.165, 1.54) is 12.1 Å². The van der Waals surface area contributed by atoms with Gasteiger partial charge in [0.25, 0.3) is 0 Å². The minimum atomic E-state index is -4.71. The molecule has 3 fully saturated rings. The van der Waals surface area contributed by atoms with Gasteiger partial charge in [0.2, 0.25) is 0 Å². The molecule has 0 nitrogen and oxygen atoms in total. The van der Waals surface area contributed by atoms with Gasteiger partial charge in [0, 0.05) is 0 Å². The molecule has 2 bridgehead atoms. The molecule has 0 atom stereocenters. The highest BCUT2D eigenvalue weighted by Gasteiger charge is 2.74. The van der Waals surface area contributed by atoms with Crippen molar-refractivity contribution in [2.24, 2.45) is 0 Å². The topological polar surface area (TPSA) is 0 Å². The molecule has 3 aliphatic rings. The van der Waals surface area contributed by atoms with Gasteiger partial charge in [-0.3, -0.25) is 0 Å². The monoisotopic (exact) mass is 229 g/mol. The Bertz CT molecular complexity index is 415. The van der Waals surface area contributed by atoms with Gasteiger partial charge < -0.3 is 12.9 Å². The fraction of sp³-hybridized carbons (Fsp3) is 0.455. The van der Waals surface area contributed by atoms with Gasteiger partial charge in [-0.15, -0.1) is 0 Å². The van der Waals surface area contributed by atoms with Crippen LogP contribution >= 0.6 is 0 Å². The molecule has 0 radical (unpaired) electrons. The van der Waals surface area contributed by atoms with Gasteiger partial charge in [-0.1, -0.05) is 36.7 Å². The fourth-order valence-corrected chi connectivity index (χ4v) is 3.32. The number of halogens is 4. The number of hydrogen-bond donors (Lipinski definition) is 0. The van der Waals surface area contributed by atoms with Gasteiger partial charge in [-0.05, 0) is 23.1 Å². The molecule has 1 aromatic rings. The van der Waals surface area contributed by atoms with E-state index in [-0.39, 0.29) is 30.5 Å². The van der Waals surface area contributed by atoms with E-state index in [4.69, 9.17) is 0 Å².